The first-order valence-corrected chi connectivity index (χ1v) is 9.08. The second kappa shape index (κ2) is 7.79. The highest BCUT2D eigenvalue weighted by Crippen LogP contribution is 2.35. The molecule has 3 aromatic rings. The maximum atomic E-state index is 13.3. The molecule has 0 saturated heterocycles. The molecule has 3 heteroatoms. The van der Waals surface area contributed by atoms with E-state index in [-0.39, 0.29) is 5.82 Å². The SMILES string of the molecule is CCCc1cccc(-c2c[n+](CC)cc(-c3ccc(F)cc3)c2Cl)c1. The van der Waals surface area contributed by atoms with Crippen LogP contribution in [0.4, 0.5) is 4.39 Å². The molecule has 2 aromatic carbocycles. The maximum Gasteiger partial charge on any atom is 0.178 e. The summed E-state index contributed by atoms with van der Waals surface area (Å²) in [7, 11) is 0. The normalized spacial score (nSPS) is 10.9. The van der Waals surface area contributed by atoms with E-state index < -0.39 is 0 Å². The topological polar surface area (TPSA) is 3.88 Å². The minimum Gasteiger partial charge on any atom is -0.207 e. The summed E-state index contributed by atoms with van der Waals surface area (Å²) in [6.45, 7) is 5.12. The summed E-state index contributed by atoms with van der Waals surface area (Å²) >= 11 is 6.77. The van der Waals surface area contributed by atoms with Gasteiger partial charge in [0.2, 0.25) is 0 Å². The monoisotopic (exact) mass is 354 g/mol. The summed E-state index contributed by atoms with van der Waals surface area (Å²) in [5.41, 5.74) is 5.26. The van der Waals surface area contributed by atoms with Gasteiger partial charge in [-0.2, -0.15) is 0 Å². The Morgan fingerprint density at radius 2 is 1.60 bits per heavy atom. The third kappa shape index (κ3) is 3.91. The summed E-state index contributed by atoms with van der Waals surface area (Å²) in [6.07, 6.45) is 6.27. The molecule has 0 atom stereocenters. The fraction of sp³-hybridized carbons (Fsp3) is 0.227. The molecule has 0 aliphatic rings. The van der Waals surface area contributed by atoms with Gasteiger partial charge in [0.15, 0.2) is 12.4 Å². The zero-order valence-electron chi connectivity index (χ0n) is 14.6. The molecule has 0 bridgehead atoms. The molecule has 0 N–H and O–H groups in total. The van der Waals surface area contributed by atoms with E-state index in [2.05, 4.69) is 48.9 Å². The van der Waals surface area contributed by atoms with Gasteiger partial charge < -0.3 is 0 Å². The van der Waals surface area contributed by atoms with E-state index in [4.69, 9.17) is 11.6 Å². The second-order valence-corrected chi connectivity index (χ2v) is 6.57. The third-order valence-electron chi connectivity index (χ3n) is 4.36. The number of hydrogen-bond acceptors (Lipinski definition) is 0. The molecule has 0 amide bonds. The number of nitrogens with zero attached hydrogens (tertiary/aromatic N) is 1. The average Bonchev–Trinajstić information content (AvgIpc) is 2.63. The van der Waals surface area contributed by atoms with Gasteiger partial charge in [-0.1, -0.05) is 61.3 Å². The van der Waals surface area contributed by atoms with E-state index in [9.17, 15) is 4.39 Å². The van der Waals surface area contributed by atoms with Crippen molar-refractivity contribution in [2.45, 2.75) is 33.2 Å². The van der Waals surface area contributed by atoms with E-state index in [0.717, 1.165) is 41.6 Å². The molecule has 3 rings (SSSR count). The Hall–Kier alpha value is -2.19. The van der Waals surface area contributed by atoms with E-state index in [1.807, 2.05) is 6.20 Å². The number of pyridine rings is 1. The van der Waals surface area contributed by atoms with Crippen molar-refractivity contribution >= 4 is 11.6 Å². The summed E-state index contributed by atoms with van der Waals surface area (Å²) in [6, 6.07) is 15.0. The van der Waals surface area contributed by atoms with E-state index in [0.29, 0.717) is 5.02 Å². The number of benzene rings is 2. The first kappa shape index (κ1) is 17.6. The molecule has 1 heterocycles. The predicted octanol–water partition coefficient (Wildman–Crippen LogP) is 6.07. The molecule has 0 unspecified atom stereocenters. The van der Waals surface area contributed by atoms with E-state index in [1.54, 1.807) is 12.1 Å². The molecular formula is C22H22ClFN+. The highest BCUT2D eigenvalue weighted by molar-refractivity contribution is 6.35. The highest BCUT2D eigenvalue weighted by atomic mass is 35.5. The lowest BCUT2D eigenvalue weighted by Gasteiger charge is -2.10. The molecule has 0 fully saturated rings. The maximum absolute atomic E-state index is 13.3. The van der Waals surface area contributed by atoms with Crippen LogP contribution in [-0.4, -0.2) is 0 Å². The van der Waals surface area contributed by atoms with Crippen LogP contribution in [0.1, 0.15) is 25.8 Å². The summed E-state index contributed by atoms with van der Waals surface area (Å²) in [4.78, 5) is 0. The molecule has 0 aliphatic heterocycles. The van der Waals surface area contributed by atoms with Gasteiger partial charge in [0.1, 0.15) is 12.4 Å². The van der Waals surface area contributed by atoms with Crippen molar-refractivity contribution in [3.05, 3.63) is 77.3 Å². The number of aromatic nitrogens is 1. The molecule has 128 valence electrons. The van der Waals surface area contributed by atoms with Gasteiger partial charge in [-0.25, -0.2) is 8.96 Å². The Bertz CT molecular complexity index is 872. The Balaban J connectivity index is 2.15. The first-order valence-electron chi connectivity index (χ1n) is 8.70. The van der Waals surface area contributed by atoms with Crippen LogP contribution in [0, 0.1) is 5.82 Å². The van der Waals surface area contributed by atoms with Gasteiger partial charge in [-0.15, -0.1) is 0 Å². The van der Waals surface area contributed by atoms with Crippen LogP contribution >= 0.6 is 11.6 Å². The summed E-state index contributed by atoms with van der Waals surface area (Å²) in [5, 5.41) is 0.699. The fourth-order valence-electron chi connectivity index (χ4n) is 3.02. The van der Waals surface area contributed by atoms with Crippen LogP contribution in [-0.2, 0) is 13.0 Å². The van der Waals surface area contributed by atoms with Crippen LogP contribution in [0.2, 0.25) is 5.02 Å². The fourth-order valence-corrected chi connectivity index (χ4v) is 3.34. The van der Waals surface area contributed by atoms with Crippen molar-refractivity contribution in [1.82, 2.24) is 0 Å². The molecule has 0 spiro atoms. The Morgan fingerprint density at radius 3 is 2.24 bits per heavy atom. The number of aryl methyl sites for hydroxylation is 2. The molecule has 1 nitrogen and oxygen atoms in total. The number of halogens is 2. The van der Waals surface area contributed by atoms with Crippen LogP contribution in [0.25, 0.3) is 22.3 Å². The average molecular weight is 355 g/mol. The molecule has 0 aliphatic carbocycles. The molecule has 1 aromatic heterocycles. The minimum absolute atomic E-state index is 0.244. The van der Waals surface area contributed by atoms with Crippen molar-refractivity contribution in [2.75, 3.05) is 0 Å². The lowest BCUT2D eigenvalue weighted by atomic mass is 9.99. The smallest absolute Gasteiger partial charge is 0.178 e. The quantitative estimate of drug-likeness (QED) is 0.489. The van der Waals surface area contributed by atoms with Gasteiger partial charge >= 0.3 is 0 Å². The lowest BCUT2D eigenvalue weighted by Crippen LogP contribution is -2.32. The van der Waals surface area contributed by atoms with Crippen LogP contribution < -0.4 is 4.57 Å². The van der Waals surface area contributed by atoms with Crippen molar-refractivity contribution in [3.63, 3.8) is 0 Å². The zero-order valence-corrected chi connectivity index (χ0v) is 15.4. The van der Waals surface area contributed by atoms with Crippen molar-refractivity contribution in [3.8, 4) is 22.3 Å². The van der Waals surface area contributed by atoms with Gasteiger partial charge in [0, 0.05) is 0 Å². The number of hydrogen-bond donors (Lipinski definition) is 0. The Labute approximate surface area is 153 Å². The zero-order chi connectivity index (χ0) is 17.8. The van der Waals surface area contributed by atoms with E-state index in [1.165, 1.54) is 17.7 Å². The van der Waals surface area contributed by atoms with Gasteiger partial charge in [-0.05, 0) is 42.2 Å². The largest absolute Gasteiger partial charge is 0.207 e. The summed E-state index contributed by atoms with van der Waals surface area (Å²) < 4.78 is 15.4. The number of rotatable bonds is 5. The van der Waals surface area contributed by atoms with Gasteiger partial charge in [-0.3, -0.25) is 0 Å². The molecular weight excluding hydrogens is 333 g/mol. The van der Waals surface area contributed by atoms with Crippen LogP contribution in [0.5, 0.6) is 0 Å². The lowest BCUT2D eigenvalue weighted by molar-refractivity contribution is -0.692. The van der Waals surface area contributed by atoms with Crippen molar-refractivity contribution < 1.29 is 8.96 Å². The summed E-state index contributed by atoms with van der Waals surface area (Å²) in [5.74, 6) is -0.244. The van der Waals surface area contributed by atoms with Gasteiger partial charge in [0.25, 0.3) is 0 Å². The van der Waals surface area contributed by atoms with Crippen molar-refractivity contribution in [2.24, 2.45) is 0 Å². The standard InChI is InChI=1S/C22H22ClFN/c1-3-6-16-7-5-8-18(13-16)21-15-25(4-2)14-20(22(21)23)17-9-11-19(24)12-10-17/h5,7-15H,3-4,6H2,1-2H3/q+1. The Kier molecular flexibility index (Phi) is 5.50. The molecule has 0 radical (unpaired) electrons. The predicted molar refractivity (Wildman–Crippen MR) is 102 cm³/mol. The van der Waals surface area contributed by atoms with Gasteiger partial charge in [0.05, 0.1) is 16.1 Å². The minimum atomic E-state index is -0.244. The van der Waals surface area contributed by atoms with E-state index >= 15 is 0 Å². The van der Waals surface area contributed by atoms with Crippen LogP contribution in [0.3, 0.4) is 0 Å². The van der Waals surface area contributed by atoms with Crippen LogP contribution in [0.15, 0.2) is 60.9 Å². The first-order chi connectivity index (χ1) is 12.1. The highest BCUT2D eigenvalue weighted by Gasteiger charge is 2.17. The van der Waals surface area contributed by atoms with Crippen molar-refractivity contribution in [1.29, 1.82) is 0 Å². The second-order valence-electron chi connectivity index (χ2n) is 6.19. The Morgan fingerprint density at radius 1 is 0.920 bits per heavy atom. The molecule has 0 saturated carbocycles. The molecule has 25 heavy (non-hydrogen) atoms. The third-order valence-corrected chi connectivity index (χ3v) is 4.77.